The van der Waals surface area contributed by atoms with Crippen molar-refractivity contribution in [1.82, 2.24) is 4.72 Å². The number of hydrogen-bond acceptors (Lipinski definition) is 3. The summed E-state index contributed by atoms with van der Waals surface area (Å²) in [6.45, 7) is 1.62. The van der Waals surface area contributed by atoms with Gasteiger partial charge in [-0.1, -0.05) is 11.6 Å². The molecule has 0 fully saturated rings. The summed E-state index contributed by atoms with van der Waals surface area (Å²) in [5.41, 5.74) is 4.15. The quantitative estimate of drug-likeness (QED) is 0.870. The monoisotopic (exact) mass is 330 g/mol. The molecule has 1 atom stereocenters. The van der Waals surface area contributed by atoms with Crippen LogP contribution in [0, 0.1) is 0 Å². The van der Waals surface area contributed by atoms with Gasteiger partial charge in [0, 0.05) is 17.6 Å². The molecule has 1 rings (SSSR count). The van der Waals surface area contributed by atoms with Gasteiger partial charge < -0.3 is 5.73 Å². The van der Waals surface area contributed by atoms with Crippen molar-refractivity contribution < 1.29 is 21.6 Å². The van der Waals surface area contributed by atoms with Gasteiger partial charge in [0.1, 0.15) is 0 Å². The summed E-state index contributed by atoms with van der Waals surface area (Å²) in [5, 5.41) is -0.188. The van der Waals surface area contributed by atoms with Crippen molar-refractivity contribution in [2.75, 3.05) is 6.54 Å². The molecule has 4 nitrogen and oxygen atoms in total. The van der Waals surface area contributed by atoms with Crippen LogP contribution in [0.3, 0.4) is 0 Å². The first-order chi connectivity index (χ1) is 9.04. The van der Waals surface area contributed by atoms with E-state index in [9.17, 15) is 21.6 Å². The van der Waals surface area contributed by atoms with Gasteiger partial charge in [0.15, 0.2) is 0 Å². The number of benzene rings is 1. The summed E-state index contributed by atoms with van der Waals surface area (Å²) in [4.78, 5) is -0.848. The fourth-order valence-corrected chi connectivity index (χ4v) is 2.88. The van der Waals surface area contributed by atoms with Crippen LogP contribution in [0.2, 0.25) is 5.02 Å². The Bertz CT molecular complexity index is 574. The zero-order valence-electron chi connectivity index (χ0n) is 10.5. The number of nitrogens with one attached hydrogen (secondary N) is 1. The van der Waals surface area contributed by atoms with Gasteiger partial charge in [-0.3, -0.25) is 0 Å². The van der Waals surface area contributed by atoms with Crippen LogP contribution in [0.25, 0.3) is 0 Å². The minimum atomic E-state index is -4.81. The normalized spacial score (nSPS) is 14.3. The Morgan fingerprint density at radius 2 is 2.00 bits per heavy atom. The van der Waals surface area contributed by atoms with Crippen molar-refractivity contribution in [3.8, 4) is 0 Å². The highest BCUT2D eigenvalue weighted by Gasteiger charge is 2.37. The third-order valence-corrected chi connectivity index (χ3v) is 4.18. The molecule has 20 heavy (non-hydrogen) atoms. The fraction of sp³-hybridized carbons (Fsp3) is 0.455. The molecule has 114 valence electrons. The molecule has 9 heteroatoms. The van der Waals surface area contributed by atoms with Crippen molar-refractivity contribution in [2.24, 2.45) is 5.73 Å². The van der Waals surface area contributed by atoms with Gasteiger partial charge in [0.25, 0.3) is 0 Å². The van der Waals surface area contributed by atoms with Crippen molar-refractivity contribution in [3.63, 3.8) is 0 Å². The maximum Gasteiger partial charge on any atom is 0.417 e. The average Bonchev–Trinajstić information content (AvgIpc) is 2.26. The van der Waals surface area contributed by atoms with Crippen LogP contribution >= 0.6 is 11.6 Å². The molecule has 0 bridgehead atoms. The molecular weight excluding hydrogens is 317 g/mol. The molecule has 1 aromatic rings. The Hall–Kier alpha value is -0.830. The lowest BCUT2D eigenvalue weighted by molar-refractivity contribution is -0.139. The molecular formula is C11H14ClF3N2O2S. The van der Waals surface area contributed by atoms with E-state index in [1.165, 1.54) is 0 Å². The van der Waals surface area contributed by atoms with Crippen molar-refractivity contribution in [3.05, 3.63) is 28.8 Å². The Kier molecular flexibility index (Phi) is 5.42. The first kappa shape index (κ1) is 17.2. The van der Waals surface area contributed by atoms with Crippen LogP contribution in [-0.2, 0) is 16.2 Å². The molecule has 3 N–H and O–H groups in total. The molecule has 0 aliphatic heterocycles. The Labute approximate surface area is 120 Å². The molecule has 0 aliphatic carbocycles. The van der Waals surface area contributed by atoms with E-state index in [-0.39, 0.29) is 17.6 Å². The lowest BCUT2D eigenvalue weighted by Crippen LogP contribution is -2.30. The van der Waals surface area contributed by atoms with E-state index in [1.807, 2.05) is 0 Å². The highest BCUT2D eigenvalue weighted by atomic mass is 35.5. The lowest BCUT2D eigenvalue weighted by Gasteiger charge is -2.14. The van der Waals surface area contributed by atoms with E-state index in [4.69, 9.17) is 17.3 Å². The van der Waals surface area contributed by atoms with Gasteiger partial charge >= 0.3 is 6.18 Å². The highest BCUT2D eigenvalue weighted by Crippen LogP contribution is 2.35. The number of nitrogens with two attached hydrogens (primary N) is 1. The molecule has 0 saturated heterocycles. The van der Waals surface area contributed by atoms with Crippen molar-refractivity contribution in [2.45, 2.75) is 30.5 Å². The van der Waals surface area contributed by atoms with Crippen LogP contribution in [0.4, 0.5) is 13.2 Å². The lowest BCUT2D eigenvalue weighted by atomic mass is 10.2. The molecule has 0 saturated carbocycles. The second-order valence-corrected chi connectivity index (χ2v) is 6.47. The summed E-state index contributed by atoms with van der Waals surface area (Å²) < 4.78 is 64.4. The van der Waals surface area contributed by atoms with E-state index in [0.29, 0.717) is 12.5 Å². The van der Waals surface area contributed by atoms with Crippen LogP contribution in [0.1, 0.15) is 18.9 Å². The third-order valence-electron chi connectivity index (χ3n) is 2.43. The SMILES string of the molecule is CC(N)CCNS(=O)(=O)c1ccc(Cl)cc1C(F)(F)F. The Morgan fingerprint density at radius 1 is 1.40 bits per heavy atom. The van der Waals surface area contributed by atoms with Crippen molar-refractivity contribution >= 4 is 21.6 Å². The smallest absolute Gasteiger partial charge is 0.328 e. The summed E-state index contributed by atoms with van der Waals surface area (Å²) in [6, 6.07) is 2.25. The number of hydrogen-bond donors (Lipinski definition) is 2. The Balaban J connectivity index is 3.12. The second-order valence-electron chi connectivity index (χ2n) is 4.30. The van der Waals surface area contributed by atoms with Gasteiger partial charge in [-0.15, -0.1) is 0 Å². The summed E-state index contributed by atoms with van der Waals surface area (Å²) in [6.07, 6.45) is -4.50. The zero-order chi connectivity index (χ0) is 15.6. The predicted octanol–water partition coefficient (Wildman–Crippen LogP) is 2.37. The maximum absolute atomic E-state index is 12.8. The van der Waals surface area contributed by atoms with Crippen LogP contribution in [0.15, 0.2) is 23.1 Å². The van der Waals surface area contributed by atoms with E-state index < -0.39 is 26.7 Å². The van der Waals surface area contributed by atoms with Gasteiger partial charge in [-0.25, -0.2) is 13.1 Å². The molecule has 0 heterocycles. The summed E-state index contributed by atoms with van der Waals surface area (Å²) in [7, 11) is -4.27. The third kappa shape index (κ3) is 4.62. The first-order valence-corrected chi connectivity index (χ1v) is 7.52. The number of sulfonamides is 1. The summed E-state index contributed by atoms with van der Waals surface area (Å²) in [5.74, 6) is 0. The molecule has 1 unspecified atom stereocenters. The number of halogens is 4. The molecule has 0 radical (unpaired) electrons. The second kappa shape index (κ2) is 6.30. The van der Waals surface area contributed by atoms with Crippen molar-refractivity contribution in [1.29, 1.82) is 0 Å². The van der Waals surface area contributed by atoms with E-state index in [2.05, 4.69) is 4.72 Å². The molecule has 1 aromatic carbocycles. The van der Waals surface area contributed by atoms with Gasteiger partial charge in [0.05, 0.1) is 10.5 Å². The van der Waals surface area contributed by atoms with Gasteiger partial charge in [-0.2, -0.15) is 13.2 Å². The predicted molar refractivity (Wildman–Crippen MR) is 69.9 cm³/mol. The Morgan fingerprint density at radius 3 is 2.50 bits per heavy atom. The number of rotatable bonds is 5. The van der Waals surface area contributed by atoms with E-state index in [1.54, 1.807) is 6.92 Å². The molecule has 0 aliphatic rings. The molecule has 0 spiro atoms. The highest BCUT2D eigenvalue weighted by molar-refractivity contribution is 7.89. The minimum Gasteiger partial charge on any atom is -0.328 e. The van der Waals surface area contributed by atoms with Gasteiger partial charge in [0.2, 0.25) is 10.0 Å². The van der Waals surface area contributed by atoms with Crippen LogP contribution < -0.4 is 10.5 Å². The minimum absolute atomic E-state index is 0.0417. The topological polar surface area (TPSA) is 72.2 Å². The average molecular weight is 331 g/mol. The molecule has 0 amide bonds. The van der Waals surface area contributed by atoms with E-state index in [0.717, 1.165) is 12.1 Å². The largest absolute Gasteiger partial charge is 0.417 e. The van der Waals surface area contributed by atoms with Crippen LogP contribution in [0.5, 0.6) is 0 Å². The zero-order valence-corrected chi connectivity index (χ0v) is 12.1. The summed E-state index contributed by atoms with van der Waals surface area (Å²) >= 11 is 5.49. The molecule has 0 aromatic heterocycles. The standard InChI is InChI=1S/C11H14ClF3N2O2S/c1-7(16)4-5-17-20(18,19)10-3-2-8(12)6-9(10)11(13,14)15/h2-3,6-7,17H,4-5,16H2,1H3. The first-order valence-electron chi connectivity index (χ1n) is 5.66. The maximum atomic E-state index is 12.8. The number of alkyl halides is 3. The fourth-order valence-electron chi connectivity index (χ4n) is 1.46. The van der Waals surface area contributed by atoms with Gasteiger partial charge in [-0.05, 0) is 31.5 Å². The van der Waals surface area contributed by atoms with E-state index >= 15 is 0 Å². The van der Waals surface area contributed by atoms with Crippen LogP contribution in [-0.4, -0.2) is 21.0 Å².